The Morgan fingerprint density at radius 2 is 1.12 bits per heavy atom. The molecule has 0 bridgehead atoms. The summed E-state index contributed by atoms with van der Waals surface area (Å²) < 4.78 is 0. The van der Waals surface area contributed by atoms with Crippen LogP contribution >= 0.6 is 23.5 Å². The summed E-state index contributed by atoms with van der Waals surface area (Å²) in [6.07, 6.45) is 8.84. The summed E-state index contributed by atoms with van der Waals surface area (Å²) in [5, 5.41) is 1.77. The maximum Gasteiger partial charge on any atom is 0.187 e. The summed E-state index contributed by atoms with van der Waals surface area (Å²) in [6, 6.07) is 0. The highest BCUT2D eigenvalue weighted by atomic mass is 32.2. The molecule has 2 aromatic rings. The van der Waals surface area contributed by atoms with Crippen molar-refractivity contribution < 1.29 is 0 Å². The fourth-order valence-electron chi connectivity index (χ4n) is 1.72. The van der Waals surface area contributed by atoms with Crippen molar-refractivity contribution in [2.45, 2.75) is 70.1 Å². The molecule has 138 valence electrons. The topological polar surface area (TPSA) is 51.6 Å². The normalized spacial score (nSPS) is 10.7. The maximum absolute atomic E-state index is 4.29. The van der Waals surface area contributed by atoms with Gasteiger partial charge in [-0.1, -0.05) is 65.1 Å². The van der Waals surface area contributed by atoms with Gasteiger partial charge in [0.25, 0.3) is 0 Å². The van der Waals surface area contributed by atoms with Crippen molar-refractivity contribution in [1.29, 1.82) is 0 Å². The lowest BCUT2D eigenvalue weighted by Crippen LogP contribution is -1.93. The van der Waals surface area contributed by atoms with Crippen molar-refractivity contribution >= 4 is 23.5 Å². The fraction of sp³-hybridized carbons (Fsp3) is 0.579. The van der Waals surface area contributed by atoms with Crippen molar-refractivity contribution in [3.63, 3.8) is 0 Å². The highest BCUT2D eigenvalue weighted by Gasteiger charge is 2.01. The standard InChI is InChI=1S/C10H16N2S.C9H14N2S/c1-4-5-13-10-11-6-9(7-12-10)8(2)3;1-4-12-9-10-5-8(6-11-9)7(2)3/h6-8H,4-5H2,1-3H3;5-7H,4H2,1-3H3. The third-order valence-electron chi connectivity index (χ3n) is 3.34. The Labute approximate surface area is 161 Å². The Morgan fingerprint density at radius 3 is 1.44 bits per heavy atom. The minimum absolute atomic E-state index is 0.519. The van der Waals surface area contributed by atoms with Gasteiger partial charge in [0, 0.05) is 30.5 Å². The molecule has 0 aliphatic rings. The van der Waals surface area contributed by atoms with Crippen LogP contribution in [0, 0.1) is 0 Å². The van der Waals surface area contributed by atoms with Gasteiger partial charge in [0.05, 0.1) is 0 Å². The first-order valence-corrected chi connectivity index (χ1v) is 10.8. The second kappa shape index (κ2) is 12.3. The van der Waals surface area contributed by atoms with Gasteiger partial charge in [0.2, 0.25) is 0 Å². The first-order valence-electron chi connectivity index (χ1n) is 8.87. The van der Waals surface area contributed by atoms with Crippen molar-refractivity contribution in [3.8, 4) is 0 Å². The third kappa shape index (κ3) is 8.68. The average Bonchev–Trinajstić information content (AvgIpc) is 2.61. The molecule has 0 radical (unpaired) electrons. The number of hydrogen-bond acceptors (Lipinski definition) is 6. The molecule has 0 unspecified atom stereocenters. The Kier molecular flexibility index (Phi) is 10.7. The van der Waals surface area contributed by atoms with Crippen LogP contribution in [-0.4, -0.2) is 31.4 Å². The molecule has 6 heteroatoms. The number of nitrogens with zero attached hydrogens (tertiary/aromatic N) is 4. The van der Waals surface area contributed by atoms with Crippen LogP contribution in [0.1, 0.15) is 70.9 Å². The molecule has 0 atom stereocenters. The first kappa shape index (κ1) is 21.9. The fourth-order valence-corrected chi connectivity index (χ4v) is 2.87. The van der Waals surface area contributed by atoms with Gasteiger partial charge in [-0.05, 0) is 35.1 Å². The lowest BCUT2D eigenvalue weighted by atomic mass is 10.1. The van der Waals surface area contributed by atoms with Crippen LogP contribution in [0.25, 0.3) is 0 Å². The molecule has 2 aromatic heterocycles. The van der Waals surface area contributed by atoms with Crippen LogP contribution in [0.15, 0.2) is 35.1 Å². The lowest BCUT2D eigenvalue weighted by molar-refractivity contribution is 0.820. The van der Waals surface area contributed by atoms with E-state index in [1.807, 2.05) is 24.8 Å². The number of hydrogen-bond donors (Lipinski definition) is 0. The summed E-state index contributed by atoms with van der Waals surface area (Å²) >= 11 is 3.39. The predicted octanol–water partition coefficient (Wildman–Crippen LogP) is 5.81. The van der Waals surface area contributed by atoms with E-state index in [1.165, 1.54) is 17.5 Å². The van der Waals surface area contributed by atoms with Crippen molar-refractivity contribution in [2.75, 3.05) is 11.5 Å². The zero-order valence-corrected chi connectivity index (χ0v) is 17.8. The molecule has 0 spiro atoms. The molecule has 2 heterocycles. The van der Waals surface area contributed by atoms with E-state index in [2.05, 4.69) is 61.5 Å². The Morgan fingerprint density at radius 1 is 0.720 bits per heavy atom. The summed E-state index contributed by atoms with van der Waals surface area (Å²) in [5.41, 5.74) is 2.41. The van der Waals surface area contributed by atoms with Crippen LogP contribution in [0.2, 0.25) is 0 Å². The van der Waals surface area contributed by atoms with Crippen LogP contribution in [-0.2, 0) is 0 Å². The van der Waals surface area contributed by atoms with E-state index >= 15 is 0 Å². The van der Waals surface area contributed by atoms with Gasteiger partial charge >= 0.3 is 0 Å². The summed E-state index contributed by atoms with van der Waals surface area (Å²) in [5.74, 6) is 3.16. The second-order valence-electron chi connectivity index (χ2n) is 6.19. The molecule has 0 aliphatic carbocycles. The van der Waals surface area contributed by atoms with Crippen molar-refractivity contribution in [3.05, 3.63) is 35.9 Å². The van der Waals surface area contributed by atoms with Crippen LogP contribution in [0.3, 0.4) is 0 Å². The molecule has 25 heavy (non-hydrogen) atoms. The van der Waals surface area contributed by atoms with Gasteiger partial charge in [-0.3, -0.25) is 0 Å². The average molecular weight is 379 g/mol. The Hall–Kier alpha value is -1.14. The van der Waals surface area contributed by atoms with E-state index in [-0.39, 0.29) is 0 Å². The molecule has 4 nitrogen and oxygen atoms in total. The van der Waals surface area contributed by atoms with E-state index in [1.54, 1.807) is 23.5 Å². The summed E-state index contributed by atoms with van der Waals surface area (Å²) in [4.78, 5) is 17.1. The van der Waals surface area contributed by atoms with E-state index in [9.17, 15) is 0 Å². The zero-order valence-electron chi connectivity index (χ0n) is 16.2. The number of thioether (sulfide) groups is 2. The Bertz CT molecular complexity index is 583. The van der Waals surface area contributed by atoms with Crippen LogP contribution in [0.4, 0.5) is 0 Å². The first-order chi connectivity index (χ1) is 12.0. The maximum atomic E-state index is 4.29. The van der Waals surface area contributed by atoms with Crippen LogP contribution < -0.4 is 0 Å². The van der Waals surface area contributed by atoms with E-state index in [0.717, 1.165) is 21.8 Å². The molecular formula is C19H30N4S2. The molecule has 0 aliphatic heterocycles. The van der Waals surface area contributed by atoms with Crippen molar-refractivity contribution in [1.82, 2.24) is 19.9 Å². The lowest BCUT2D eigenvalue weighted by Gasteiger charge is -2.03. The molecular weight excluding hydrogens is 348 g/mol. The molecule has 0 N–H and O–H groups in total. The molecule has 0 saturated heterocycles. The number of aromatic nitrogens is 4. The quantitative estimate of drug-likeness (QED) is 0.447. The number of rotatable bonds is 7. The molecule has 0 fully saturated rings. The minimum Gasteiger partial charge on any atom is -0.231 e. The summed E-state index contributed by atoms with van der Waals surface area (Å²) in [7, 11) is 0. The second-order valence-corrected chi connectivity index (χ2v) is 8.48. The zero-order chi connectivity index (χ0) is 18.7. The molecule has 0 aromatic carbocycles. The molecule has 0 amide bonds. The van der Waals surface area contributed by atoms with Gasteiger partial charge in [0.1, 0.15) is 0 Å². The predicted molar refractivity (Wildman–Crippen MR) is 110 cm³/mol. The Balaban J connectivity index is 0.000000251. The van der Waals surface area contributed by atoms with Gasteiger partial charge in [-0.2, -0.15) is 0 Å². The largest absolute Gasteiger partial charge is 0.231 e. The summed E-state index contributed by atoms with van der Waals surface area (Å²) in [6.45, 7) is 12.9. The highest BCUT2D eigenvalue weighted by molar-refractivity contribution is 7.99. The molecule has 2 rings (SSSR count). The van der Waals surface area contributed by atoms with Crippen LogP contribution in [0.5, 0.6) is 0 Å². The minimum atomic E-state index is 0.519. The SMILES string of the molecule is CCCSc1ncc(C(C)C)cn1.CCSc1ncc(C(C)C)cn1. The van der Waals surface area contributed by atoms with Gasteiger partial charge in [-0.15, -0.1) is 0 Å². The monoisotopic (exact) mass is 378 g/mol. The third-order valence-corrected chi connectivity index (χ3v) is 5.18. The van der Waals surface area contributed by atoms with E-state index < -0.39 is 0 Å². The van der Waals surface area contributed by atoms with E-state index in [4.69, 9.17) is 0 Å². The van der Waals surface area contributed by atoms with E-state index in [0.29, 0.717) is 11.8 Å². The van der Waals surface area contributed by atoms with Gasteiger partial charge in [-0.25, -0.2) is 19.9 Å². The van der Waals surface area contributed by atoms with Crippen molar-refractivity contribution in [2.24, 2.45) is 0 Å². The smallest absolute Gasteiger partial charge is 0.187 e. The highest BCUT2D eigenvalue weighted by Crippen LogP contribution is 2.17. The van der Waals surface area contributed by atoms with Gasteiger partial charge in [0.15, 0.2) is 10.3 Å². The van der Waals surface area contributed by atoms with Gasteiger partial charge < -0.3 is 0 Å². The molecule has 0 saturated carbocycles.